The summed E-state index contributed by atoms with van der Waals surface area (Å²) < 4.78 is 5.41. The molecule has 1 heterocycles. The summed E-state index contributed by atoms with van der Waals surface area (Å²) in [4.78, 5) is 16.6. The smallest absolute Gasteiger partial charge is 0.335 e. The van der Waals surface area contributed by atoms with Crippen molar-refractivity contribution in [2.24, 2.45) is 0 Å². The first-order chi connectivity index (χ1) is 8.11. The molecule has 0 saturated carbocycles. The first-order valence-corrected chi connectivity index (χ1v) is 5.07. The van der Waals surface area contributed by atoms with Crippen LogP contribution >= 0.6 is 0 Å². The molecule has 0 unspecified atom stereocenters. The summed E-state index contributed by atoms with van der Waals surface area (Å²) >= 11 is 0. The van der Waals surface area contributed by atoms with Crippen LogP contribution in [0.2, 0.25) is 0 Å². The Bertz CT molecular complexity index is 549. The number of anilines is 1. The highest BCUT2D eigenvalue weighted by Gasteiger charge is 2.12. The van der Waals surface area contributed by atoms with E-state index in [2.05, 4.69) is 4.98 Å². The molecule has 0 bridgehead atoms. The van der Waals surface area contributed by atoms with Gasteiger partial charge in [-0.05, 0) is 18.2 Å². The lowest BCUT2D eigenvalue weighted by atomic mass is 10.2. The van der Waals surface area contributed by atoms with E-state index in [1.54, 1.807) is 18.0 Å². The maximum atomic E-state index is 10.8. The number of carboxylic acid groups (broad SMARTS) is 1. The quantitative estimate of drug-likeness (QED) is 0.822. The summed E-state index contributed by atoms with van der Waals surface area (Å²) in [6, 6.07) is 4.86. The van der Waals surface area contributed by atoms with Crippen LogP contribution in [0.25, 0.3) is 11.1 Å². The van der Waals surface area contributed by atoms with Gasteiger partial charge in [0, 0.05) is 13.6 Å². The van der Waals surface area contributed by atoms with Crippen molar-refractivity contribution < 1.29 is 19.4 Å². The normalized spacial score (nSPS) is 10.7. The summed E-state index contributed by atoms with van der Waals surface area (Å²) in [5.41, 5.74) is 1.17. The molecule has 0 aliphatic heterocycles. The summed E-state index contributed by atoms with van der Waals surface area (Å²) in [5, 5.41) is 17.6. The van der Waals surface area contributed by atoms with Crippen molar-refractivity contribution in [2.75, 3.05) is 25.1 Å². The molecule has 90 valence electrons. The van der Waals surface area contributed by atoms with E-state index in [0.29, 0.717) is 23.7 Å². The maximum Gasteiger partial charge on any atom is 0.335 e. The molecule has 0 aliphatic rings. The zero-order chi connectivity index (χ0) is 12.4. The SMILES string of the molecule is CN(CCO)c1nc2ccc(C(=O)O)cc2o1. The second-order valence-corrected chi connectivity index (χ2v) is 3.63. The van der Waals surface area contributed by atoms with Gasteiger partial charge in [0.25, 0.3) is 6.01 Å². The molecule has 1 aromatic heterocycles. The number of oxazole rings is 1. The van der Waals surface area contributed by atoms with Crippen LogP contribution < -0.4 is 4.90 Å². The highest BCUT2D eigenvalue weighted by molar-refractivity contribution is 5.92. The van der Waals surface area contributed by atoms with E-state index in [1.165, 1.54) is 12.1 Å². The Balaban J connectivity index is 2.40. The standard InChI is InChI=1S/C11H12N2O4/c1-13(4-5-14)11-12-8-3-2-7(10(15)16)6-9(8)17-11/h2-3,6,14H,4-5H2,1H3,(H,15,16). The monoisotopic (exact) mass is 236 g/mol. The average Bonchev–Trinajstić information content (AvgIpc) is 2.71. The van der Waals surface area contributed by atoms with Gasteiger partial charge in [-0.25, -0.2) is 4.79 Å². The number of carbonyl (C=O) groups is 1. The lowest BCUT2D eigenvalue weighted by molar-refractivity contribution is 0.0697. The highest BCUT2D eigenvalue weighted by Crippen LogP contribution is 2.22. The van der Waals surface area contributed by atoms with Gasteiger partial charge in [-0.3, -0.25) is 0 Å². The second kappa shape index (κ2) is 4.42. The highest BCUT2D eigenvalue weighted by atomic mass is 16.4. The van der Waals surface area contributed by atoms with Gasteiger partial charge >= 0.3 is 5.97 Å². The Morgan fingerprint density at radius 2 is 2.29 bits per heavy atom. The van der Waals surface area contributed by atoms with E-state index >= 15 is 0 Å². The molecule has 0 fully saturated rings. The molecule has 2 N–H and O–H groups in total. The van der Waals surface area contributed by atoms with Crippen LogP contribution in [0.4, 0.5) is 6.01 Å². The molecule has 0 aliphatic carbocycles. The molecule has 0 radical (unpaired) electrons. The van der Waals surface area contributed by atoms with Gasteiger partial charge in [0.15, 0.2) is 5.58 Å². The fourth-order valence-corrected chi connectivity index (χ4v) is 1.45. The minimum atomic E-state index is -1.01. The Hall–Kier alpha value is -2.08. The molecule has 0 atom stereocenters. The van der Waals surface area contributed by atoms with Gasteiger partial charge in [0.05, 0.1) is 12.2 Å². The van der Waals surface area contributed by atoms with Crippen molar-refractivity contribution in [3.05, 3.63) is 23.8 Å². The average molecular weight is 236 g/mol. The zero-order valence-corrected chi connectivity index (χ0v) is 9.25. The molecular formula is C11H12N2O4. The molecule has 2 aromatic rings. The first kappa shape index (κ1) is 11.4. The number of benzene rings is 1. The number of aliphatic hydroxyl groups is 1. The first-order valence-electron chi connectivity index (χ1n) is 5.07. The molecule has 6 nitrogen and oxygen atoms in total. The molecule has 1 aromatic carbocycles. The number of hydrogen-bond acceptors (Lipinski definition) is 5. The van der Waals surface area contributed by atoms with Crippen molar-refractivity contribution in [1.29, 1.82) is 0 Å². The second-order valence-electron chi connectivity index (χ2n) is 3.63. The Morgan fingerprint density at radius 3 is 2.94 bits per heavy atom. The lowest BCUT2D eigenvalue weighted by Gasteiger charge is -2.11. The third-order valence-electron chi connectivity index (χ3n) is 2.39. The Labute approximate surface area is 97.1 Å². The van der Waals surface area contributed by atoms with Gasteiger partial charge in [-0.1, -0.05) is 0 Å². The number of rotatable bonds is 4. The number of aromatic carboxylic acids is 1. The largest absolute Gasteiger partial charge is 0.478 e. The van der Waals surface area contributed by atoms with Crippen molar-refractivity contribution >= 4 is 23.1 Å². The topological polar surface area (TPSA) is 86.8 Å². The summed E-state index contributed by atoms with van der Waals surface area (Å²) in [5.74, 6) is -1.01. The molecule has 0 saturated heterocycles. The van der Waals surface area contributed by atoms with Gasteiger partial charge < -0.3 is 19.5 Å². The lowest BCUT2D eigenvalue weighted by Crippen LogP contribution is -2.21. The number of likely N-dealkylation sites (N-methyl/N-ethyl adjacent to an activating group) is 1. The van der Waals surface area contributed by atoms with E-state index < -0.39 is 5.97 Å². The predicted molar refractivity (Wildman–Crippen MR) is 61.3 cm³/mol. The molecule has 2 rings (SSSR count). The van der Waals surface area contributed by atoms with E-state index in [1.807, 2.05) is 0 Å². The van der Waals surface area contributed by atoms with Crippen LogP contribution in [-0.4, -0.2) is 41.4 Å². The van der Waals surface area contributed by atoms with Crippen LogP contribution in [0.1, 0.15) is 10.4 Å². The van der Waals surface area contributed by atoms with Gasteiger partial charge in [-0.2, -0.15) is 4.98 Å². The third kappa shape index (κ3) is 2.21. The predicted octanol–water partition coefficient (Wildman–Crippen LogP) is 0.954. The fourth-order valence-electron chi connectivity index (χ4n) is 1.45. The van der Waals surface area contributed by atoms with Crippen LogP contribution in [0, 0.1) is 0 Å². The molecule has 0 spiro atoms. The third-order valence-corrected chi connectivity index (χ3v) is 2.39. The Morgan fingerprint density at radius 1 is 1.53 bits per heavy atom. The van der Waals surface area contributed by atoms with Crippen LogP contribution in [-0.2, 0) is 0 Å². The number of hydrogen-bond donors (Lipinski definition) is 2. The molecule has 17 heavy (non-hydrogen) atoms. The number of carboxylic acids is 1. The van der Waals surface area contributed by atoms with Crippen molar-refractivity contribution in [2.45, 2.75) is 0 Å². The summed E-state index contributed by atoms with van der Waals surface area (Å²) in [6.07, 6.45) is 0. The van der Waals surface area contributed by atoms with Gasteiger partial charge in [0.1, 0.15) is 5.52 Å². The van der Waals surface area contributed by atoms with Crippen LogP contribution in [0.3, 0.4) is 0 Å². The van der Waals surface area contributed by atoms with E-state index in [9.17, 15) is 4.79 Å². The number of fused-ring (bicyclic) bond motifs is 1. The minimum absolute atomic E-state index is 0.00436. The van der Waals surface area contributed by atoms with Crippen molar-refractivity contribution in [3.63, 3.8) is 0 Å². The van der Waals surface area contributed by atoms with Crippen LogP contribution in [0.15, 0.2) is 22.6 Å². The molecular weight excluding hydrogens is 224 g/mol. The van der Waals surface area contributed by atoms with E-state index in [-0.39, 0.29) is 12.2 Å². The Kier molecular flexibility index (Phi) is 2.97. The van der Waals surface area contributed by atoms with Crippen LogP contribution in [0.5, 0.6) is 0 Å². The zero-order valence-electron chi connectivity index (χ0n) is 9.25. The van der Waals surface area contributed by atoms with Crippen molar-refractivity contribution in [1.82, 2.24) is 4.98 Å². The van der Waals surface area contributed by atoms with Gasteiger partial charge in [0.2, 0.25) is 0 Å². The van der Waals surface area contributed by atoms with E-state index in [4.69, 9.17) is 14.6 Å². The maximum absolute atomic E-state index is 10.8. The summed E-state index contributed by atoms with van der Waals surface area (Å²) in [7, 11) is 1.74. The van der Waals surface area contributed by atoms with E-state index in [0.717, 1.165) is 0 Å². The fraction of sp³-hybridized carbons (Fsp3) is 0.273. The van der Waals surface area contributed by atoms with Crippen molar-refractivity contribution in [3.8, 4) is 0 Å². The number of aromatic nitrogens is 1. The number of aliphatic hydroxyl groups excluding tert-OH is 1. The number of nitrogens with zero attached hydrogens (tertiary/aromatic N) is 2. The molecule has 6 heteroatoms. The van der Waals surface area contributed by atoms with Gasteiger partial charge in [-0.15, -0.1) is 0 Å². The summed E-state index contributed by atoms with van der Waals surface area (Å²) in [6.45, 7) is 0.397. The minimum Gasteiger partial charge on any atom is -0.478 e. The molecule has 0 amide bonds.